The van der Waals surface area contributed by atoms with Crippen LogP contribution in [0.5, 0.6) is 0 Å². The van der Waals surface area contributed by atoms with E-state index < -0.39 is 11.0 Å². The number of nitrogens with one attached hydrogen (secondary N) is 1. The van der Waals surface area contributed by atoms with Gasteiger partial charge in [0, 0.05) is 24.4 Å². The van der Waals surface area contributed by atoms with Gasteiger partial charge in [-0.2, -0.15) is 0 Å². The summed E-state index contributed by atoms with van der Waals surface area (Å²) < 4.78 is 1.66. The van der Waals surface area contributed by atoms with Crippen LogP contribution in [0.3, 0.4) is 0 Å². The SMILES string of the molecule is CCC(c1nc2ccccc2c(=O)n1Cc1ccccc1)N(CC(C)C)C(=O)Nc1ccc([N+](=O)[O-])cc1. The molecule has 1 atom stereocenters. The second kappa shape index (κ2) is 11.7. The van der Waals surface area contributed by atoms with Crippen LogP contribution in [0, 0.1) is 16.0 Å². The van der Waals surface area contributed by atoms with Crippen molar-refractivity contribution in [3.63, 3.8) is 0 Å². The Kier molecular flexibility index (Phi) is 8.15. The minimum atomic E-state index is -0.489. The van der Waals surface area contributed by atoms with E-state index in [1.807, 2.05) is 69.3 Å². The number of hydrogen-bond acceptors (Lipinski definition) is 5. The van der Waals surface area contributed by atoms with Crippen molar-refractivity contribution in [2.75, 3.05) is 11.9 Å². The van der Waals surface area contributed by atoms with E-state index in [9.17, 15) is 19.7 Å². The number of nitrogens with zero attached hydrogens (tertiary/aromatic N) is 4. The van der Waals surface area contributed by atoms with Crippen molar-refractivity contribution < 1.29 is 9.72 Å². The number of fused-ring (bicyclic) bond motifs is 1. The molecule has 1 N–H and O–H groups in total. The maximum Gasteiger partial charge on any atom is 0.322 e. The lowest BCUT2D eigenvalue weighted by molar-refractivity contribution is -0.384. The molecule has 4 aromatic rings. The molecule has 0 fully saturated rings. The number of nitro groups is 1. The van der Waals surface area contributed by atoms with Gasteiger partial charge in [-0.1, -0.05) is 63.2 Å². The van der Waals surface area contributed by atoms with Crippen molar-refractivity contribution in [1.29, 1.82) is 0 Å². The highest BCUT2D eigenvalue weighted by molar-refractivity contribution is 5.89. The van der Waals surface area contributed by atoms with E-state index >= 15 is 0 Å². The van der Waals surface area contributed by atoms with Gasteiger partial charge in [0.25, 0.3) is 11.2 Å². The molecule has 0 saturated carbocycles. The molecule has 0 saturated heterocycles. The molecule has 3 aromatic carbocycles. The molecule has 9 heteroatoms. The summed E-state index contributed by atoms with van der Waals surface area (Å²) in [6, 6.07) is 21.8. The topological polar surface area (TPSA) is 110 Å². The maximum absolute atomic E-state index is 13.7. The smallest absolute Gasteiger partial charge is 0.314 e. The van der Waals surface area contributed by atoms with Crippen LogP contribution in [0.1, 0.15) is 44.6 Å². The Hall–Kier alpha value is -4.53. The summed E-state index contributed by atoms with van der Waals surface area (Å²) >= 11 is 0. The molecule has 0 aliphatic heterocycles. The molecule has 1 unspecified atom stereocenters. The first kappa shape index (κ1) is 26.5. The van der Waals surface area contributed by atoms with Crippen molar-refractivity contribution >= 4 is 28.3 Å². The number of nitro benzene ring substituents is 1. The lowest BCUT2D eigenvalue weighted by atomic mass is 10.1. The summed E-state index contributed by atoms with van der Waals surface area (Å²) in [6.07, 6.45) is 0.528. The maximum atomic E-state index is 13.7. The Morgan fingerprint density at radius 2 is 1.68 bits per heavy atom. The van der Waals surface area contributed by atoms with Gasteiger partial charge in [-0.25, -0.2) is 9.78 Å². The second-order valence-corrected chi connectivity index (χ2v) is 9.57. The predicted molar refractivity (Wildman–Crippen MR) is 148 cm³/mol. The first-order chi connectivity index (χ1) is 18.3. The number of carbonyl (C=O) groups is 1. The van der Waals surface area contributed by atoms with Crippen LogP contribution >= 0.6 is 0 Å². The summed E-state index contributed by atoms with van der Waals surface area (Å²) in [5.74, 6) is 0.654. The third-order valence-corrected chi connectivity index (χ3v) is 6.29. The zero-order valence-electron chi connectivity index (χ0n) is 21.7. The number of urea groups is 1. The molecule has 0 aliphatic carbocycles. The molecule has 4 rings (SSSR count). The van der Waals surface area contributed by atoms with E-state index in [0.717, 1.165) is 5.56 Å². The normalized spacial score (nSPS) is 11.9. The third kappa shape index (κ3) is 5.88. The van der Waals surface area contributed by atoms with Gasteiger partial charge in [-0.3, -0.25) is 19.5 Å². The number of rotatable bonds is 9. The van der Waals surface area contributed by atoms with Crippen molar-refractivity contribution in [3.8, 4) is 0 Å². The van der Waals surface area contributed by atoms with Crippen LogP contribution < -0.4 is 10.9 Å². The summed E-state index contributed by atoms with van der Waals surface area (Å²) in [4.78, 5) is 44.5. The van der Waals surface area contributed by atoms with E-state index in [1.54, 1.807) is 15.5 Å². The van der Waals surface area contributed by atoms with Gasteiger partial charge in [-0.15, -0.1) is 0 Å². The molecular formula is C29H31N5O4. The average molecular weight is 514 g/mol. The Morgan fingerprint density at radius 3 is 2.32 bits per heavy atom. The molecule has 0 bridgehead atoms. The van der Waals surface area contributed by atoms with Crippen LogP contribution in [0.15, 0.2) is 83.7 Å². The molecule has 1 heterocycles. The van der Waals surface area contributed by atoms with Crippen molar-refractivity contribution in [3.05, 3.63) is 111 Å². The van der Waals surface area contributed by atoms with Crippen molar-refractivity contribution in [2.45, 2.75) is 39.8 Å². The van der Waals surface area contributed by atoms with Crippen LogP contribution in [0.2, 0.25) is 0 Å². The van der Waals surface area contributed by atoms with E-state index in [2.05, 4.69) is 5.32 Å². The molecule has 2 amide bonds. The Labute approximate surface area is 220 Å². The molecular weight excluding hydrogens is 482 g/mol. The van der Waals surface area contributed by atoms with Crippen LogP contribution in [0.25, 0.3) is 10.9 Å². The quantitative estimate of drug-likeness (QED) is 0.218. The standard InChI is InChI=1S/C29H31N5O4/c1-4-26(32(18-20(2)3)29(36)30-22-14-16-23(17-15-22)34(37)38)27-31-25-13-9-8-12-24(25)28(35)33(27)19-21-10-6-5-7-11-21/h5-17,20,26H,4,18-19H2,1-3H3,(H,30,36). The predicted octanol–water partition coefficient (Wildman–Crippen LogP) is 5.99. The fourth-order valence-corrected chi connectivity index (χ4v) is 4.51. The molecule has 0 aliphatic rings. The molecule has 9 nitrogen and oxygen atoms in total. The number of benzene rings is 3. The summed E-state index contributed by atoms with van der Waals surface area (Å²) in [5, 5.41) is 14.4. The monoisotopic (exact) mass is 513 g/mol. The minimum Gasteiger partial charge on any atom is -0.314 e. The Bertz CT molecular complexity index is 1480. The van der Waals surface area contributed by atoms with Gasteiger partial charge >= 0.3 is 6.03 Å². The first-order valence-corrected chi connectivity index (χ1v) is 12.6. The highest BCUT2D eigenvalue weighted by Gasteiger charge is 2.29. The van der Waals surface area contributed by atoms with Crippen LogP contribution in [-0.4, -0.2) is 32.0 Å². The van der Waals surface area contributed by atoms with E-state index in [-0.39, 0.29) is 23.2 Å². The molecule has 38 heavy (non-hydrogen) atoms. The third-order valence-electron chi connectivity index (χ3n) is 6.29. The zero-order chi connectivity index (χ0) is 27.2. The molecule has 1 aromatic heterocycles. The van der Waals surface area contributed by atoms with Crippen LogP contribution in [0.4, 0.5) is 16.2 Å². The van der Waals surface area contributed by atoms with Gasteiger partial charge < -0.3 is 10.2 Å². The van der Waals surface area contributed by atoms with Gasteiger partial charge in [0.1, 0.15) is 5.82 Å². The number of hydrogen-bond donors (Lipinski definition) is 1. The number of carbonyl (C=O) groups excluding carboxylic acids is 1. The number of anilines is 1. The van der Waals surface area contributed by atoms with E-state index in [1.165, 1.54) is 24.3 Å². The minimum absolute atomic E-state index is 0.0567. The van der Waals surface area contributed by atoms with Gasteiger partial charge in [-0.05, 0) is 42.2 Å². The lowest BCUT2D eigenvalue weighted by Gasteiger charge is -2.33. The first-order valence-electron chi connectivity index (χ1n) is 12.6. The summed E-state index contributed by atoms with van der Waals surface area (Å²) in [6.45, 7) is 6.74. The Morgan fingerprint density at radius 1 is 1.03 bits per heavy atom. The molecule has 196 valence electrons. The van der Waals surface area contributed by atoms with Gasteiger partial charge in [0.15, 0.2) is 0 Å². The summed E-state index contributed by atoms with van der Waals surface area (Å²) in [7, 11) is 0. The molecule has 0 radical (unpaired) electrons. The number of non-ortho nitro benzene ring substituents is 1. The number of para-hydroxylation sites is 1. The number of aromatic nitrogens is 2. The summed E-state index contributed by atoms with van der Waals surface area (Å²) in [5.41, 5.74) is 1.76. The second-order valence-electron chi connectivity index (χ2n) is 9.57. The van der Waals surface area contributed by atoms with Crippen molar-refractivity contribution in [2.24, 2.45) is 5.92 Å². The highest BCUT2D eigenvalue weighted by Crippen LogP contribution is 2.27. The fourth-order valence-electron chi connectivity index (χ4n) is 4.51. The van der Waals surface area contributed by atoms with Gasteiger partial charge in [0.2, 0.25) is 0 Å². The van der Waals surface area contributed by atoms with E-state index in [4.69, 9.17) is 4.98 Å². The number of amides is 2. The zero-order valence-corrected chi connectivity index (χ0v) is 21.7. The van der Waals surface area contributed by atoms with E-state index in [0.29, 0.717) is 41.9 Å². The van der Waals surface area contributed by atoms with Crippen LogP contribution in [-0.2, 0) is 6.54 Å². The van der Waals surface area contributed by atoms with Crippen molar-refractivity contribution in [1.82, 2.24) is 14.5 Å². The lowest BCUT2D eigenvalue weighted by Crippen LogP contribution is -2.43. The van der Waals surface area contributed by atoms with Gasteiger partial charge in [0.05, 0.1) is 28.4 Å². The average Bonchev–Trinajstić information content (AvgIpc) is 2.91. The fraction of sp³-hybridized carbons (Fsp3) is 0.276. The highest BCUT2D eigenvalue weighted by atomic mass is 16.6. The largest absolute Gasteiger partial charge is 0.322 e. The molecule has 0 spiro atoms. The Balaban J connectivity index is 1.78.